The van der Waals surface area contributed by atoms with Crippen LogP contribution in [0.2, 0.25) is 0 Å². The van der Waals surface area contributed by atoms with Gasteiger partial charge in [-0.3, -0.25) is 4.79 Å². The molecule has 0 radical (unpaired) electrons. The molecular weight excluding hydrogens is 312 g/mol. The molecule has 18 heavy (non-hydrogen) atoms. The Kier molecular flexibility index (Phi) is 4.14. The summed E-state index contributed by atoms with van der Waals surface area (Å²) in [6.45, 7) is 4.44. The molecule has 0 aliphatic heterocycles. The monoisotopic (exact) mass is 324 g/mol. The molecule has 1 amide bonds. The van der Waals surface area contributed by atoms with E-state index < -0.39 is 0 Å². The van der Waals surface area contributed by atoms with E-state index in [-0.39, 0.29) is 5.91 Å². The number of rotatable bonds is 3. The van der Waals surface area contributed by atoms with Crippen molar-refractivity contribution in [2.75, 3.05) is 0 Å². The van der Waals surface area contributed by atoms with Gasteiger partial charge in [0.2, 0.25) is 0 Å². The number of aromatic nitrogens is 1. The summed E-state index contributed by atoms with van der Waals surface area (Å²) >= 11 is 4.98. The molecule has 1 N–H and O–H groups in total. The first-order chi connectivity index (χ1) is 8.56. The van der Waals surface area contributed by atoms with Crippen molar-refractivity contribution in [1.29, 1.82) is 0 Å². The zero-order valence-electron chi connectivity index (χ0n) is 10.2. The van der Waals surface area contributed by atoms with Crippen LogP contribution in [0, 0.1) is 13.8 Å². The molecule has 2 aromatic rings. The van der Waals surface area contributed by atoms with Gasteiger partial charge in [-0.1, -0.05) is 11.6 Å². The predicted octanol–water partition coefficient (Wildman–Crippen LogP) is 3.45. The first kappa shape index (κ1) is 13.2. The average molecular weight is 325 g/mol. The summed E-state index contributed by atoms with van der Waals surface area (Å²) < 4.78 is 0.806. The number of hydrogen-bond donors (Lipinski definition) is 1. The van der Waals surface area contributed by atoms with Crippen LogP contribution < -0.4 is 5.32 Å². The van der Waals surface area contributed by atoms with Crippen molar-refractivity contribution >= 4 is 33.2 Å². The fourth-order valence-corrected chi connectivity index (χ4v) is 2.70. The van der Waals surface area contributed by atoms with Crippen LogP contribution in [0.15, 0.2) is 28.9 Å². The van der Waals surface area contributed by atoms with Crippen LogP contribution in [0.3, 0.4) is 0 Å². The number of nitrogens with one attached hydrogen (secondary N) is 1. The van der Waals surface area contributed by atoms with Crippen LogP contribution in [-0.4, -0.2) is 10.9 Å². The molecule has 94 valence electrons. The van der Waals surface area contributed by atoms with Gasteiger partial charge in [-0.25, -0.2) is 4.98 Å². The van der Waals surface area contributed by atoms with Crippen LogP contribution >= 0.6 is 27.3 Å². The Hall–Kier alpha value is -1.20. The lowest BCUT2D eigenvalue weighted by molar-refractivity contribution is 0.0950. The Morgan fingerprint density at radius 1 is 1.44 bits per heavy atom. The summed E-state index contributed by atoms with van der Waals surface area (Å²) in [5.41, 5.74) is 1.72. The van der Waals surface area contributed by atoms with Gasteiger partial charge in [0.1, 0.15) is 5.01 Å². The maximum atomic E-state index is 12.0. The van der Waals surface area contributed by atoms with E-state index in [0.29, 0.717) is 12.1 Å². The van der Waals surface area contributed by atoms with Gasteiger partial charge in [0.05, 0.1) is 12.1 Å². The van der Waals surface area contributed by atoms with Gasteiger partial charge in [-0.05, 0) is 41.9 Å². The van der Waals surface area contributed by atoms with Crippen molar-refractivity contribution in [3.8, 4) is 0 Å². The number of amides is 1. The highest BCUT2D eigenvalue weighted by atomic mass is 79.9. The van der Waals surface area contributed by atoms with Crippen molar-refractivity contribution in [2.45, 2.75) is 20.4 Å². The summed E-state index contributed by atoms with van der Waals surface area (Å²) in [5.74, 6) is -0.0848. The summed E-state index contributed by atoms with van der Waals surface area (Å²) in [4.78, 5) is 17.4. The maximum absolute atomic E-state index is 12.0. The van der Waals surface area contributed by atoms with E-state index >= 15 is 0 Å². The number of thiazole rings is 1. The summed E-state index contributed by atoms with van der Waals surface area (Å²) in [6.07, 6.45) is 1.81. The highest BCUT2D eigenvalue weighted by Gasteiger charge is 2.10. The maximum Gasteiger partial charge on any atom is 0.252 e. The molecule has 2 rings (SSSR count). The van der Waals surface area contributed by atoms with Crippen LogP contribution in [-0.2, 0) is 6.54 Å². The molecule has 0 spiro atoms. The lowest BCUT2D eigenvalue weighted by atomic mass is 10.1. The van der Waals surface area contributed by atoms with Gasteiger partial charge in [-0.2, -0.15) is 0 Å². The summed E-state index contributed by atoms with van der Waals surface area (Å²) in [5, 5.41) is 3.80. The number of hydrogen-bond acceptors (Lipinski definition) is 3. The van der Waals surface area contributed by atoms with E-state index in [4.69, 9.17) is 0 Å². The summed E-state index contributed by atoms with van der Waals surface area (Å²) in [6, 6.07) is 5.72. The Morgan fingerprint density at radius 3 is 2.89 bits per heavy atom. The van der Waals surface area contributed by atoms with E-state index in [0.717, 1.165) is 19.9 Å². The van der Waals surface area contributed by atoms with Gasteiger partial charge in [0, 0.05) is 15.5 Å². The Balaban J connectivity index is 2.05. The van der Waals surface area contributed by atoms with Crippen LogP contribution in [0.1, 0.15) is 25.8 Å². The summed E-state index contributed by atoms with van der Waals surface area (Å²) in [7, 11) is 0. The van der Waals surface area contributed by atoms with E-state index in [1.165, 1.54) is 0 Å². The second kappa shape index (κ2) is 5.63. The highest BCUT2D eigenvalue weighted by molar-refractivity contribution is 9.10. The molecule has 0 atom stereocenters. The van der Waals surface area contributed by atoms with Gasteiger partial charge in [-0.15, -0.1) is 11.3 Å². The molecule has 1 aromatic carbocycles. The predicted molar refractivity (Wildman–Crippen MR) is 76.9 cm³/mol. The lowest BCUT2D eigenvalue weighted by Crippen LogP contribution is -2.23. The van der Waals surface area contributed by atoms with Gasteiger partial charge >= 0.3 is 0 Å². The number of aryl methyl sites for hydroxylation is 2. The Morgan fingerprint density at radius 2 is 2.22 bits per heavy atom. The van der Waals surface area contributed by atoms with E-state index in [1.54, 1.807) is 11.3 Å². The normalized spacial score (nSPS) is 10.4. The van der Waals surface area contributed by atoms with Gasteiger partial charge in [0.25, 0.3) is 5.91 Å². The molecule has 0 bridgehead atoms. The van der Waals surface area contributed by atoms with Crippen LogP contribution in [0.4, 0.5) is 0 Å². The Bertz CT molecular complexity index is 580. The number of carbonyl (C=O) groups is 1. The standard InChI is InChI=1S/C13H13BrN2OS/c1-8-3-4-11(14)10(5-8)13(17)16-7-12-15-6-9(2)18-12/h3-6H,7H2,1-2H3,(H,16,17). The molecular formula is C13H13BrN2OS. The van der Waals surface area contributed by atoms with Crippen molar-refractivity contribution < 1.29 is 4.79 Å². The van der Waals surface area contributed by atoms with Crippen LogP contribution in [0.5, 0.6) is 0 Å². The molecule has 0 unspecified atom stereocenters. The minimum absolute atomic E-state index is 0.0848. The fourth-order valence-electron chi connectivity index (χ4n) is 1.55. The molecule has 0 saturated heterocycles. The van der Waals surface area contributed by atoms with Crippen molar-refractivity contribution in [2.24, 2.45) is 0 Å². The lowest BCUT2D eigenvalue weighted by Gasteiger charge is -2.06. The largest absolute Gasteiger partial charge is 0.345 e. The van der Waals surface area contributed by atoms with Crippen molar-refractivity contribution in [3.63, 3.8) is 0 Å². The zero-order chi connectivity index (χ0) is 13.1. The molecule has 1 aromatic heterocycles. The number of carbonyl (C=O) groups excluding carboxylic acids is 1. The van der Waals surface area contributed by atoms with Crippen molar-refractivity contribution in [1.82, 2.24) is 10.3 Å². The molecule has 5 heteroatoms. The third-order valence-corrected chi connectivity index (χ3v) is 4.04. The second-order valence-electron chi connectivity index (χ2n) is 4.03. The SMILES string of the molecule is Cc1ccc(Br)c(C(=O)NCc2ncc(C)s2)c1. The molecule has 3 nitrogen and oxygen atoms in total. The number of nitrogens with zero attached hydrogens (tertiary/aromatic N) is 1. The van der Waals surface area contributed by atoms with Crippen molar-refractivity contribution in [3.05, 3.63) is 49.9 Å². The van der Waals surface area contributed by atoms with E-state index in [2.05, 4.69) is 26.2 Å². The van der Waals surface area contributed by atoms with E-state index in [9.17, 15) is 4.79 Å². The number of halogens is 1. The zero-order valence-corrected chi connectivity index (χ0v) is 12.6. The first-order valence-corrected chi connectivity index (χ1v) is 7.13. The molecule has 0 saturated carbocycles. The van der Waals surface area contributed by atoms with Crippen LogP contribution in [0.25, 0.3) is 0 Å². The first-order valence-electron chi connectivity index (χ1n) is 5.52. The topological polar surface area (TPSA) is 42.0 Å². The van der Waals surface area contributed by atoms with Gasteiger partial charge < -0.3 is 5.32 Å². The Labute approximate surface area is 118 Å². The third kappa shape index (κ3) is 3.17. The smallest absolute Gasteiger partial charge is 0.252 e. The van der Waals surface area contributed by atoms with Gasteiger partial charge in [0.15, 0.2) is 0 Å². The molecule has 0 aliphatic carbocycles. The number of benzene rings is 1. The molecule has 1 heterocycles. The second-order valence-corrected chi connectivity index (χ2v) is 6.20. The fraction of sp³-hybridized carbons (Fsp3) is 0.231. The highest BCUT2D eigenvalue weighted by Crippen LogP contribution is 2.18. The molecule has 0 fully saturated rings. The minimum atomic E-state index is -0.0848. The van der Waals surface area contributed by atoms with E-state index in [1.807, 2.05) is 38.2 Å². The minimum Gasteiger partial charge on any atom is -0.345 e. The average Bonchev–Trinajstić information content (AvgIpc) is 2.75. The molecule has 0 aliphatic rings. The quantitative estimate of drug-likeness (QED) is 0.939. The third-order valence-electron chi connectivity index (χ3n) is 2.44.